The number of hydrogen-bond acceptors (Lipinski definition) is 4. The second-order valence-electron chi connectivity index (χ2n) is 7.60. The normalized spacial score (nSPS) is 16.1. The first-order chi connectivity index (χ1) is 13.8. The van der Waals surface area contributed by atoms with E-state index in [4.69, 9.17) is 4.74 Å². The molecule has 0 spiro atoms. The average Bonchev–Trinajstić information content (AvgIpc) is 3.33. The second-order valence-corrected chi connectivity index (χ2v) is 7.60. The number of nitrogens with zero attached hydrogens (tertiary/aromatic N) is 4. The number of benzene rings is 1. The van der Waals surface area contributed by atoms with E-state index in [1.165, 1.54) is 9.91 Å². The quantitative estimate of drug-likeness (QED) is 0.754. The van der Waals surface area contributed by atoms with Crippen molar-refractivity contribution in [1.29, 1.82) is 0 Å². The van der Waals surface area contributed by atoms with Crippen molar-refractivity contribution in [2.75, 3.05) is 20.7 Å². The molecule has 154 valence electrons. The molecule has 1 atom stereocenters. The lowest BCUT2D eigenvalue weighted by molar-refractivity contribution is -0.142. The van der Waals surface area contributed by atoms with Gasteiger partial charge in [-0.05, 0) is 18.2 Å². The number of carbonyl (C=O) groups excluding carboxylic acids is 2. The summed E-state index contributed by atoms with van der Waals surface area (Å²) in [5.41, 5.74) is 2.69. The van der Waals surface area contributed by atoms with Gasteiger partial charge < -0.3 is 14.2 Å². The molecule has 0 fully saturated rings. The van der Waals surface area contributed by atoms with Crippen LogP contribution in [0.4, 0.5) is 0 Å². The Morgan fingerprint density at radius 1 is 1.24 bits per heavy atom. The van der Waals surface area contributed by atoms with Crippen LogP contribution in [0.15, 0.2) is 47.7 Å². The zero-order valence-electron chi connectivity index (χ0n) is 17.6. The van der Waals surface area contributed by atoms with Gasteiger partial charge in [0.15, 0.2) is 0 Å². The topological polar surface area (TPSA) is 67.1 Å². The Kier molecular flexibility index (Phi) is 6.06. The molecule has 0 radical (unpaired) electrons. The van der Waals surface area contributed by atoms with Gasteiger partial charge in [0.2, 0.25) is 5.91 Å². The van der Waals surface area contributed by atoms with Crippen molar-refractivity contribution in [2.24, 2.45) is 18.1 Å². The molecule has 0 saturated carbocycles. The molecule has 29 heavy (non-hydrogen) atoms. The van der Waals surface area contributed by atoms with E-state index < -0.39 is 0 Å². The number of likely N-dealkylation sites (N-methyl/N-ethyl adjacent to an activating group) is 1. The molecule has 1 aliphatic rings. The van der Waals surface area contributed by atoms with Gasteiger partial charge in [-0.3, -0.25) is 9.59 Å². The van der Waals surface area contributed by atoms with Crippen LogP contribution in [0.2, 0.25) is 0 Å². The molecule has 7 nitrogen and oxygen atoms in total. The predicted octanol–water partition coefficient (Wildman–Crippen LogP) is 2.83. The van der Waals surface area contributed by atoms with E-state index in [2.05, 4.69) is 5.10 Å². The third kappa shape index (κ3) is 4.18. The number of rotatable bonds is 6. The average molecular weight is 396 g/mol. The van der Waals surface area contributed by atoms with E-state index in [1.807, 2.05) is 68.1 Å². The first-order valence-electron chi connectivity index (χ1n) is 9.72. The fourth-order valence-electron chi connectivity index (χ4n) is 3.63. The minimum absolute atomic E-state index is 0.0213. The van der Waals surface area contributed by atoms with E-state index in [-0.39, 0.29) is 30.3 Å². The Labute approximate surface area is 171 Å². The SMILES string of the molecule is COc1ccccc1[C@H]1CC(c2cccn2C)=NN1C(=O)CN(C)C(=O)C(C)C. The Hall–Kier alpha value is -3.09. The number of ether oxygens (including phenoxy) is 1. The van der Waals surface area contributed by atoms with Crippen molar-refractivity contribution in [3.05, 3.63) is 53.9 Å². The number of aryl methyl sites for hydroxylation is 1. The fourth-order valence-corrected chi connectivity index (χ4v) is 3.63. The largest absolute Gasteiger partial charge is 0.496 e. The Morgan fingerprint density at radius 3 is 2.59 bits per heavy atom. The number of aromatic nitrogens is 1. The van der Waals surface area contributed by atoms with E-state index in [9.17, 15) is 9.59 Å². The van der Waals surface area contributed by atoms with Crippen molar-refractivity contribution in [3.63, 3.8) is 0 Å². The number of hydrazone groups is 1. The summed E-state index contributed by atoms with van der Waals surface area (Å²) < 4.78 is 7.51. The maximum atomic E-state index is 13.1. The Balaban J connectivity index is 1.94. The standard InChI is InChI=1S/C22H28N4O3/c1-15(2)22(28)25(4)14-21(27)26-19(16-9-6-7-11-20(16)29-5)13-17(23-26)18-10-8-12-24(18)3/h6-12,15,19H,13-14H2,1-5H3/t19-/m1/s1. The molecular formula is C22H28N4O3. The van der Waals surface area contributed by atoms with Crippen molar-refractivity contribution in [2.45, 2.75) is 26.3 Å². The molecule has 1 aromatic heterocycles. The van der Waals surface area contributed by atoms with E-state index in [1.54, 1.807) is 14.2 Å². The van der Waals surface area contributed by atoms with Gasteiger partial charge in [-0.2, -0.15) is 5.10 Å². The minimum atomic E-state index is -0.286. The van der Waals surface area contributed by atoms with Crippen LogP contribution in [0.25, 0.3) is 0 Å². The van der Waals surface area contributed by atoms with Crippen LogP contribution in [0, 0.1) is 5.92 Å². The van der Waals surface area contributed by atoms with Crippen molar-refractivity contribution >= 4 is 17.5 Å². The van der Waals surface area contributed by atoms with E-state index in [0.717, 1.165) is 17.0 Å². The van der Waals surface area contributed by atoms with Crippen LogP contribution in [0.1, 0.15) is 37.6 Å². The van der Waals surface area contributed by atoms with Gasteiger partial charge in [-0.25, -0.2) is 5.01 Å². The summed E-state index contributed by atoms with van der Waals surface area (Å²) >= 11 is 0. The highest BCUT2D eigenvalue weighted by Crippen LogP contribution is 2.37. The molecule has 0 saturated heterocycles. The molecule has 0 unspecified atom stereocenters. The van der Waals surface area contributed by atoms with Crippen LogP contribution in [-0.2, 0) is 16.6 Å². The number of amides is 2. The lowest BCUT2D eigenvalue weighted by atomic mass is 9.99. The van der Waals surface area contributed by atoms with Gasteiger partial charge in [0.05, 0.1) is 24.6 Å². The predicted molar refractivity (Wildman–Crippen MR) is 112 cm³/mol. The van der Waals surface area contributed by atoms with Crippen LogP contribution in [-0.4, -0.2) is 52.7 Å². The maximum Gasteiger partial charge on any atom is 0.262 e. The molecule has 2 aromatic rings. The smallest absolute Gasteiger partial charge is 0.262 e. The summed E-state index contributed by atoms with van der Waals surface area (Å²) in [7, 11) is 5.22. The maximum absolute atomic E-state index is 13.1. The summed E-state index contributed by atoms with van der Waals surface area (Å²) in [5.74, 6) is 0.253. The highest BCUT2D eigenvalue weighted by Gasteiger charge is 2.36. The fraction of sp³-hybridized carbons (Fsp3) is 0.409. The number of carbonyl (C=O) groups is 2. The lowest BCUT2D eigenvalue weighted by Crippen LogP contribution is -2.40. The van der Waals surface area contributed by atoms with Gasteiger partial charge in [0, 0.05) is 38.2 Å². The molecule has 2 amide bonds. The molecule has 1 aliphatic heterocycles. The molecule has 2 heterocycles. The highest BCUT2D eigenvalue weighted by atomic mass is 16.5. The number of para-hydroxylation sites is 1. The van der Waals surface area contributed by atoms with Crippen molar-refractivity contribution < 1.29 is 14.3 Å². The summed E-state index contributed by atoms with van der Waals surface area (Å²) in [4.78, 5) is 26.8. The number of methoxy groups -OCH3 is 1. The molecule has 7 heteroatoms. The number of hydrogen-bond donors (Lipinski definition) is 0. The lowest BCUT2D eigenvalue weighted by Gasteiger charge is -2.26. The molecular weight excluding hydrogens is 368 g/mol. The van der Waals surface area contributed by atoms with Crippen LogP contribution < -0.4 is 4.74 Å². The second kappa shape index (κ2) is 8.51. The van der Waals surface area contributed by atoms with Crippen molar-refractivity contribution in [3.8, 4) is 5.75 Å². The monoisotopic (exact) mass is 396 g/mol. The van der Waals surface area contributed by atoms with Gasteiger partial charge in [0.25, 0.3) is 5.91 Å². The highest BCUT2D eigenvalue weighted by molar-refractivity contribution is 6.02. The first kappa shape index (κ1) is 20.6. The summed E-state index contributed by atoms with van der Waals surface area (Å²) in [6.45, 7) is 3.62. The van der Waals surface area contributed by atoms with Crippen LogP contribution in [0.5, 0.6) is 5.75 Å². The third-order valence-electron chi connectivity index (χ3n) is 5.15. The zero-order valence-corrected chi connectivity index (χ0v) is 17.6. The molecule has 3 rings (SSSR count). The summed E-state index contributed by atoms with van der Waals surface area (Å²) in [6, 6.07) is 11.3. The third-order valence-corrected chi connectivity index (χ3v) is 5.15. The molecule has 1 aromatic carbocycles. The Morgan fingerprint density at radius 2 is 1.97 bits per heavy atom. The minimum Gasteiger partial charge on any atom is -0.496 e. The van der Waals surface area contributed by atoms with Crippen LogP contribution in [0.3, 0.4) is 0 Å². The van der Waals surface area contributed by atoms with Crippen molar-refractivity contribution in [1.82, 2.24) is 14.5 Å². The van der Waals surface area contributed by atoms with Gasteiger partial charge in [-0.15, -0.1) is 0 Å². The molecule has 0 N–H and O–H groups in total. The van der Waals surface area contributed by atoms with Crippen LogP contribution >= 0.6 is 0 Å². The first-order valence-corrected chi connectivity index (χ1v) is 9.72. The van der Waals surface area contributed by atoms with Gasteiger partial charge >= 0.3 is 0 Å². The summed E-state index contributed by atoms with van der Waals surface area (Å²) in [6.07, 6.45) is 2.53. The van der Waals surface area contributed by atoms with E-state index in [0.29, 0.717) is 12.2 Å². The zero-order chi connectivity index (χ0) is 21.1. The van der Waals surface area contributed by atoms with E-state index >= 15 is 0 Å². The van der Waals surface area contributed by atoms with Gasteiger partial charge in [0.1, 0.15) is 12.3 Å². The molecule has 0 bridgehead atoms. The molecule has 0 aliphatic carbocycles. The summed E-state index contributed by atoms with van der Waals surface area (Å²) in [5, 5.41) is 6.17. The van der Waals surface area contributed by atoms with Gasteiger partial charge in [-0.1, -0.05) is 32.0 Å². The Bertz CT molecular complexity index is 932.